The van der Waals surface area contributed by atoms with Crippen molar-refractivity contribution < 1.29 is 23.7 Å². The van der Waals surface area contributed by atoms with Crippen molar-refractivity contribution in [2.24, 2.45) is 0 Å². The Kier molecular flexibility index (Phi) is 6.93. The molecule has 0 aromatic heterocycles. The number of amides is 1. The van der Waals surface area contributed by atoms with Gasteiger partial charge < -0.3 is 23.8 Å². The zero-order valence-corrected chi connectivity index (χ0v) is 16.7. The molecule has 0 radical (unpaired) electrons. The van der Waals surface area contributed by atoms with E-state index >= 15 is 0 Å². The summed E-state index contributed by atoms with van der Waals surface area (Å²) in [6, 6.07) is 11.2. The second kappa shape index (κ2) is 9.16. The van der Waals surface area contributed by atoms with Crippen molar-refractivity contribution >= 4 is 5.91 Å². The number of rotatable bonds is 8. The first kappa shape index (κ1) is 20.4. The summed E-state index contributed by atoms with van der Waals surface area (Å²) < 4.78 is 21.5. The number of para-hydroxylation sites is 1. The summed E-state index contributed by atoms with van der Waals surface area (Å²) in [7, 11) is 8.08. The van der Waals surface area contributed by atoms with Gasteiger partial charge in [-0.25, -0.2) is 0 Å². The number of nitrogens with zero attached hydrogens (tertiary/aromatic N) is 1. The maximum absolute atomic E-state index is 12.9. The molecule has 1 atom stereocenters. The number of ether oxygens (including phenoxy) is 4. The van der Waals surface area contributed by atoms with Gasteiger partial charge in [-0.3, -0.25) is 4.79 Å². The fourth-order valence-corrected chi connectivity index (χ4v) is 2.97. The minimum Gasteiger partial charge on any atom is -0.496 e. The molecule has 0 N–H and O–H groups in total. The summed E-state index contributed by atoms with van der Waals surface area (Å²) in [5.74, 6) is 2.30. The molecule has 6 nitrogen and oxygen atoms in total. The summed E-state index contributed by atoms with van der Waals surface area (Å²) >= 11 is 0. The molecular weight excluding hydrogens is 346 g/mol. The highest BCUT2D eigenvalue weighted by Crippen LogP contribution is 2.38. The standard InChI is InChI=1S/C21H27NO5/c1-14(16-9-7-8-10-17(16)24-3)22(2)20(23)13-15-11-18(25-4)21(27-6)19(12-15)26-5/h7-12,14H,13H2,1-6H3. The van der Waals surface area contributed by atoms with Crippen molar-refractivity contribution in [3.63, 3.8) is 0 Å². The van der Waals surface area contributed by atoms with Crippen molar-refractivity contribution in [3.05, 3.63) is 47.5 Å². The third-order valence-corrected chi connectivity index (χ3v) is 4.64. The quantitative estimate of drug-likeness (QED) is 0.709. The first-order valence-electron chi connectivity index (χ1n) is 8.64. The number of methoxy groups -OCH3 is 4. The Morgan fingerprint density at radius 3 is 2.00 bits per heavy atom. The molecule has 0 saturated carbocycles. The molecule has 0 spiro atoms. The number of likely N-dealkylation sites (N-methyl/N-ethyl adjacent to an activating group) is 1. The summed E-state index contributed by atoms with van der Waals surface area (Å²) in [6.45, 7) is 1.98. The topological polar surface area (TPSA) is 57.2 Å². The molecule has 1 unspecified atom stereocenters. The molecule has 2 aromatic rings. The number of hydrogen-bond acceptors (Lipinski definition) is 5. The van der Waals surface area contributed by atoms with E-state index in [0.29, 0.717) is 17.2 Å². The minimum absolute atomic E-state index is 0.0253. The molecule has 1 amide bonds. The van der Waals surface area contributed by atoms with Gasteiger partial charge in [0.2, 0.25) is 11.7 Å². The van der Waals surface area contributed by atoms with E-state index in [0.717, 1.165) is 16.9 Å². The SMILES string of the molecule is COc1ccccc1C(C)N(C)C(=O)Cc1cc(OC)c(OC)c(OC)c1. The zero-order chi connectivity index (χ0) is 20.0. The van der Waals surface area contributed by atoms with E-state index in [2.05, 4.69) is 0 Å². The number of hydrogen-bond donors (Lipinski definition) is 0. The van der Waals surface area contributed by atoms with Gasteiger partial charge in [0.05, 0.1) is 40.9 Å². The Morgan fingerprint density at radius 2 is 1.48 bits per heavy atom. The van der Waals surface area contributed by atoms with Gasteiger partial charge in [-0.15, -0.1) is 0 Å². The van der Waals surface area contributed by atoms with Crippen LogP contribution < -0.4 is 18.9 Å². The lowest BCUT2D eigenvalue weighted by Crippen LogP contribution is -2.31. The highest BCUT2D eigenvalue weighted by atomic mass is 16.5. The van der Waals surface area contributed by atoms with Crippen LogP contribution in [-0.2, 0) is 11.2 Å². The number of carbonyl (C=O) groups is 1. The maximum Gasteiger partial charge on any atom is 0.227 e. The summed E-state index contributed by atoms with van der Waals surface area (Å²) in [4.78, 5) is 14.6. The van der Waals surface area contributed by atoms with Gasteiger partial charge in [0.15, 0.2) is 11.5 Å². The van der Waals surface area contributed by atoms with Crippen LogP contribution in [-0.4, -0.2) is 46.3 Å². The molecule has 2 aromatic carbocycles. The lowest BCUT2D eigenvalue weighted by atomic mass is 10.0. The minimum atomic E-state index is -0.129. The fourth-order valence-electron chi connectivity index (χ4n) is 2.97. The Balaban J connectivity index is 2.23. The first-order valence-corrected chi connectivity index (χ1v) is 8.64. The maximum atomic E-state index is 12.9. The number of carbonyl (C=O) groups excluding carboxylic acids is 1. The van der Waals surface area contributed by atoms with Crippen LogP contribution >= 0.6 is 0 Å². The van der Waals surface area contributed by atoms with Crippen molar-refractivity contribution in [3.8, 4) is 23.0 Å². The number of benzene rings is 2. The molecule has 2 rings (SSSR count). The van der Waals surface area contributed by atoms with Gasteiger partial charge in [-0.1, -0.05) is 18.2 Å². The van der Waals surface area contributed by atoms with Crippen LogP contribution in [0.3, 0.4) is 0 Å². The first-order chi connectivity index (χ1) is 13.0. The molecule has 0 heterocycles. The van der Waals surface area contributed by atoms with Crippen molar-refractivity contribution in [2.45, 2.75) is 19.4 Å². The second-order valence-corrected chi connectivity index (χ2v) is 6.13. The van der Waals surface area contributed by atoms with E-state index < -0.39 is 0 Å². The Labute approximate surface area is 160 Å². The van der Waals surface area contributed by atoms with Crippen molar-refractivity contribution in [1.82, 2.24) is 4.90 Å². The normalized spacial score (nSPS) is 11.5. The highest BCUT2D eigenvalue weighted by Gasteiger charge is 2.22. The fraction of sp³-hybridized carbons (Fsp3) is 0.381. The molecule has 0 bridgehead atoms. The van der Waals surface area contributed by atoms with Gasteiger partial charge in [-0.05, 0) is 30.7 Å². The molecule has 0 aliphatic heterocycles. The highest BCUT2D eigenvalue weighted by molar-refractivity contribution is 5.79. The van der Waals surface area contributed by atoms with E-state index in [-0.39, 0.29) is 18.4 Å². The average molecular weight is 373 g/mol. The van der Waals surface area contributed by atoms with Gasteiger partial charge >= 0.3 is 0 Å². The van der Waals surface area contributed by atoms with Crippen molar-refractivity contribution in [2.75, 3.05) is 35.5 Å². The van der Waals surface area contributed by atoms with E-state index in [9.17, 15) is 4.79 Å². The van der Waals surface area contributed by atoms with Gasteiger partial charge in [-0.2, -0.15) is 0 Å². The van der Waals surface area contributed by atoms with E-state index in [1.165, 1.54) is 0 Å². The van der Waals surface area contributed by atoms with Gasteiger partial charge in [0.1, 0.15) is 5.75 Å². The largest absolute Gasteiger partial charge is 0.496 e. The summed E-state index contributed by atoms with van der Waals surface area (Å²) in [5, 5.41) is 0. The lowest BCUT2D eigenvalue weighted by Gasteiger charge is -2.27. The van der Waals surface area contributed by atoms with Crippen LogP contribution in [0.2, 0.25) is 0 Å². The summed E-state index contributed by atoms with van der Waals surface area (Å²) in [5.41, 5.74) is 1.74. The second-order valence-electron chi connectivity index (χ2n) is 6.13. The van der Waals surface area contributed by atoms with E-state index in [1.54, 1.807) is 52.5 Å². The molecular formula is C21H27NO5. The van der Waals surface area contributed by atoms with E-state index in [1.807, 2.05) is 31.2 Å². The molecule has 0 aliphatic rings. The van der Waals surface area contributed by atoms with E-state index in [4.69, 9.17) is 18.9 Å². The Bertz CT molecular complexity index is 765. The molecule has 0 fully saturated rings. The van der Waals surface area contributed by atoms with Crippen LogP contribution in [0.4, 0.5) is 0 Å². The Morgan fingerprint density at radius 1 is 0.926 bits per heavy atom. The van der Waals surface area contributed by atoms with Crippen LogP contribution in [0.25, 0.3) is 0 Å². The molecule has 6 heteroatoms. The zero-order valence-electron chi connectivity index (χ0n) is 16.7. The van der Waals surface area contributed by atoms with Gasteiger partial charge in [0.25, 0.3) is 0 Å². The average Bonchev–Trinajstić information content (AvgIpc) is 2.71. The lowest BCUT2D eigenvalue weighted by molar-refractivity contribution is -0.131. The third kappa shape index (κ3) is 4.45. The van der Waals surface area contributed by atoms with Crippen molar-refractivity contribution in [1.29, 1.82) is 0 Å². The van der Waals surface area contributed by atoms with Crippen LogP contribution in [0, 0.1) is 0 Å². The van der Waals surface area contributed by atoms with Gasteiger partial charge in [0, 0.05) is 12.6 Å². The molecule has 0 saturated heterocycles. The monoisotopic (exact) mass is 373 g/mol. The molecule has 146 valence electrons. The Hall–Kier alpha value is -2.89. The molecule has 27 heavy (non-hydrogen) atoms. The predicted molar refractivity (Wildman–Crippen MR) is 104 cm³/mol. The third-order valence-electron chi connectivity index (χ3n) is 4.64. The predicted octanol–water partition coefficient (Wildman–Crippen LogP) is 3.48. The summed E-state index contributed by atoms with van der Waals surface area (Å²) in [6.07, 6.45) is 0.215. The van der Waals surface area contributed by atoms with Crippen LogP contribution in [0.1, 0.15) is 24.1 Å². The smallest absolute Gasteiger partial charge is 0.227 e. The van der Waals surface area contributed by atoms with Crippen LogP contribution in [0.15, 0.2) is 36.4 Å². The molecule has 0 aliphatic carbocycles. The van der Waals surface area contributed by atoms with Crippen LogP contribution in [0.5, 0.6) is 23.0 Å².